The lowest BCUT2D eigenvalue weighted by molar-refractivity contribution is -0.152. The molecule has 1 fully saturated rings. The number of aliphatic hydroxyl groups is 1. The number of halogens is 1. The van der Waals surface area contributed by atoms with E-state index in [0.29, 0.717) is 25.9 Å². The molecular formula is C21H32FNO5. The van der Waals surface area contributed by atoms with Crippen LogP contribution < -0.4 is 0 Å². The van der Waals surface area contributed by atoms with Gasteiger partial charge in [-0.1, -0.05) is 18.7 Å². The van der Waals surface area contributed by atoms with E-state index in [2.05, 4.69) is 6.58 Å². The Kier molecular flexibility index (Phi) is 8.88. The lowest BCUT2D eigenvalue weighted by Crippen LogP contribution is -2.46. The van der Waals surface area contributed by atoms with Gasteiger partial charge in [-0.3, -0.25) is 4.79 Å². The Bertz CT molecular complexity index is 627. The summed E-state index contributed by atoms with van der Waals surface area (Å²) in [6.45, 7) is 11.1. The summed E-state index contributed by atoms with van der Waals surface area (Å²) in [5.74, 6) is -2.36. The number of amides is 1. The number of ether oxygens (including phenoxy) is 2. The number of nitrogens with zero attached hydrogens (tertiary/aromatic N) is 1. The van der Waals surface area contributed by atoms with Crippen LogP contribution in [0.25, 0.3) is 0 Å². The molecule has 2 atom stereocenters. The molecule has 1 aliphatic heterocycles. The average Bonchev–Trinajstić information content (AvgIpc) is 2.64. The molecule has 0 aromatic carbocycles. The van der Waals surface area contributed by atoms with Crippen LogP contribution in [0.5, 0.6) is 0 Å². The molecule has 0 aliphatic carbocycles. The first-order valence-corrected chi connectivity index (χ1v) is 9.41. The van der Waals surface area contributed by atoms with E-state index in [-0.39, 0.29) is 11.5 Å². The minimum absolute atomic E-state index is 0.0584. The zero-order chi connectivity index (χ0) is 21.5. The number of aliphatic hydroxyl groups excluding tert-OH is 1. The lowest BCUT2D eigenvalue weighted by Gasteiger charge is -2.37. The Hall–Kier alpha value is -2.15. The lowest BCUT2D eigenvalue weighted by atomic mass is 9.79. The first kappa shape index (κ1) is 23.9. The number of esters is 1. The van der Waals surface area contributed by atoms with Crippen LogP contribution in [0.4, 0.5) is 9.18 Å². The fraction of sp³-hybridized carbons (Fsp3) is 0.619. The second-order valence-corrected chi connectivity index (χ2v) is 7.92. The van der Waals surface area contributed by atoms with Crippen LogP contribution in [0.2, 0.25) is 0 Å². The highest BCUT2D eigenvalue weighted by Gasteiger charge is 2.39. The van der Waals surface area contributed by atoms with Crippen LogP contribution in [0.3, 0.4) is 0 Å². The monoisotopic (exact) mass is 397 g/mol. The standard InChI is InChI=1S/C21H32FNO5/c1-7-8-9-16(22)14(2)18(24)17(19(25)27-6)15-10-12-23(13-11-15)20(26)28-21(3,4)5/h7-9,15,17-18,24H,1,10-13H2,2-6H3/b9-8-,16-14-. The second kappa shape index (κ2) is 10.4. The van der Waals surface area contributed by atoms with Crippen molar-refractivity contribution in [1.82, 2.24) is 4.90 Å². The minimum atomic E-state index is -1.32. The first-order valence-electron chi connectivity index (χ1n) is 9.41. The third-order valence-electron chi connectivity index (χ3n) is 4.71. The number of hydrogen-bond donors (Lipinski definition) is 1. The molecule has 28 heavy (non-hydrogen) atoms. The van der Waals surface area contributed by atoms with Crippen molar-refractivity contribution in [3.05, 3.63) is 36.2 Å². The SMILES string of the molecule is C=C/C=C\C(F)=C(/C)C(O)C(C(=O)OC)C1CCN(C(=O)OC(C)(C)C)CC1. The molecule has 0 radical (unpaired) electrons. The molecule has 0 aromatic heterocycles. The highest BCUT2D eigenvalue weighted by atomic mass is 19.1. The van der Waals surface area contributed by atoms with Gasteiger partial charge in [0, 0.05) is 13.1 Å². The van der Waals surface area contributed by atoms with Crippen molar-refractivity contribution < 1.29 is 28.6 Å². The van der Waals surface area contributed by atoms with E-state index < -0.39 is 35.5 Å². The Morgan fingerprint density at radius 1 is 1.29 bits per heavy atom. The summed E-state index contributed by atoms with van der Waals surface area (Å²) in [6.07, 6.45) is 3.26. The van der Waals surface area contributed by atoms with Crippen molar-refractivity contribution >= 4 is 12.1 Å². The van der Waals surface area contributed by atoms with E-state index in [9.17, 15) is 19.1 Å². The Morgan fingerprint density at radius 3 is 2.32 bits per heavy atom. The van der Waals surface area contributed by atoms with Gasteiger partial charge in [0.05, 0.1) is 19.1 Å². The minimum Gasteiger partial charge on any atom is -0.469 e. The van der Waals surface area contributed by atoms with E-state index in [1.165, 1.54) is 32.3 Å². The molecule has 0 aromatic rings. The van der Waals surface area contributed by atoms with Crippen molar-refractivity contribution in [3.8, 4) is 0 Å². The van der Waals surface area contributed by atoms with Gasteiger partial charge in [-0.05, 0) is 58.1 Å². The summed E-state index contributed by atoms with van der Waals surface area (Å²) >= 11 is 0. The fourth-order valence-corrected chi connectivity index (χ4v) is 3.18. The summed E-state index contributed by atoms with van der Waals surface area (Å²) in [7, 11) is 1.24. The highest BCUT2D eigenvalue weighted by molar-refractivity contribution is 5.74. The zero-order valence-corrected chi connectivity index (χ0v) is 17.4. The normalized spacial score (nSPS) is 19.0. The molecule has 7 heteroatoms. The molecule has 1 heterocycles. The van der Waals surface area contributed by atoms with Crippen molar-refractivity contribution in [3.63, 3.8) is 0 Å². The second-order valence-electron chi connectivity index (χ2n) is 7.92. The fourth-order valence-electron chi connectivity index (χ4n) is 3.18. The topological polar surface area (TPSA) is 76.1 Å². The summed E-state index contributed by atoms with van der Waals surface area (Å²) in [5, 5.41) is 10.7. The predicted molar refractivity (Wildman–Crippen MR) is 105 cm³/mol. The van der Waals surface area contributed by atoms with Crippen LogP contribution in [-0.4, -0.2) is 54.0 Å². The van der Waals surface area contributed by atoms with Crippen LogP contribution in [0.15, 0.2) is 36.2 Å². The smallest absolute Gasteiger partial charge is 0.410 e. The molecule has 6 nitrogen and oxygen atoms in total. The molecule has 0 saturated carbocycles. The largest absolute Gasteiger partial charge is 0.469 e. The Balaban J connectivity index is 2.91. The number of hydrogen-bond acceptors (Lipinski definition) is 5. The summed E-state index contributed by atoms with van der Waals surface area (Å²) in [5.41, 5.74) is -0.528. The van der Waals surface area contributed by atoms with Crippen LogP contribution in [-0.2, 0) is 14.3 Å². The van der Waals surface area contributed by atoms with Crippen molar-refractivity contribution in [2.24, 2.45) is 11.8 Å². The van der Waals surface area contributed by atoms with E-state index >= 15 is 0 Å². The van der Waals surface area contributed by atoms with Crippen LogP contribution in [0, 0.1) is 11.8 Å². The van der Waals surface area contributed by atoms with Crippen LogP contribution in [0.1, 0.15) is 40.5 Å². The third-order valence-corrected chi connectivity index (χ3v) is 4.71. The van der Waals surface area contributed by atoms with Gasteiger partial charge in [0.25, 0.3) is 0 Å². The number of rotatable bonds is 6. The Morgan fingerprint density at radius 2 is 1.86 bits per heavy atom. The molecular weight excluding hydrogens is 365 g/mol. The van der Waals surface area contributed by atoms with E-state index in [1.807, 2.05) is 0 Å². The zero-order valence-electron chi connectivity index (χ0n) is 17.4. The highest BCUT2D eigenvalue weighted by Crippen LogP contribution is 2.32. The van der Waals surface area contributed by atoms with Gasteiger partial charge in [-0.2, -0.15) is 0 Å². The number of carbonyl (C=O) groups is 2. The van der Waals surface area contributed by atoms with E-state index in [4.69, 9.17) is 9.47 Å². The summed E-state index contributed by atoms with van der Waals surface area (Å²) in [4.78, 5) is 26.1. The van der Waals surface area contributed by atoms with E-state index in [0.717, 1.165) is 0 Å². The molecule has 1 saturated heterocycles. The molecule has 0 spiro atoms. The molecule has 1 aliphatic rings. The maximum absolute atomic E-state index is 14.2. The van der Waals surface area contributed by atoms with Gasteiger partial charge in [0.15, 0.2) is 0 Å². The summed E-state index contributed by atoms with van der Waals surface area (Å²) < 4.78 is 24.4. The van der Waals surface area contributed by atoms with E-state index in [1.54, 1.807) is 25.7 Å². The maximum atomic E-state index is 14.2. The number of allylic oxidation sites excluding steroid dienone is 4. The molecule has 158 valence electrons. The van der Waals surface area contributed by atoms with Gasteiger partial charge in [0.1, 0.15) is 11.4 Å². The molecule has 0 bridgehead atoms. The van der Waals surface area contributed by atoms with Crippen molar-refractivity contribution in [1.29, 1.82) is 0 Å². The maximum Gasteiger partial charge on any atom is 0.410 e. The number of methoxy groups -OCH3 is 1. The van der Waals surface area contributed by atoms with Crippen molar-refractivity contribution in [2.75, 3.05) is 20.2 Å². The van der Waals surface area contributed by atoms with Gasteiger partial charge in [-0.15, -0.1) is 0 Å². The third kappa shape index (κ3) is 6.78. The molecule has 1 N–H and O–H groups in total. The number of carbonyl (C=O) groups excluding carboxylic acids is 2. The molecule has 2 unspecified atom stereocenters. The Labute approximate surface area is 166 Å². The average molecular weight is 397 g/mol. The summed E-state index contributed by atoms with van der Waals surface area (Å²) in [6, 6.07) is 0. The van der Waals surface area contributed by atoms with Gasteiger partial charge < -0.3 is 19.5 Å². The quantitative estimate of drug-likeness (QED) is 0.545. The van der Waals surface area contributed by atoms with Crippen LogP contribution >= 0.6 is 0 Å². The van der Waals surface area contributed by atoms with Gasteiger partial charge in [0.2, 0.25) is 0 Å². The van der Waals surface area contributed by atoms with Gasteiger partial charge in [-0.25, -0.2) is 9.18 Å². The first-order chi connectivity index (χ1) is 13.0. The molecule has 1 rings (SSSR count). The van der Waals surface area contributed by atoms with Crippen molar-refractivity contribution in [2.45, 2.75) is 52.2 Å². The predicted octanol–water partition coefficient (Wildman–Crippen LogP) is 3.77. The number of piperidine rings is 1. The number of likely N-dealkylation sites (tertiary alicyclic amines) is 1. The van der Waals surface area contributed by atoms with Gasteiger partial charge >= 0.3 is 12.1 Å². The molecule has 1 amide bonds.